The van der Waals surface area contributed by atoms with Gasteiger partial charge in [-0.1, -0.05) is 25.1 Å². The van der Waals surface area contributed by atoms with Crippen LogP contribution in [0.3, 0.4) is 0 Å². The second-order valence-corrected chi connectivity index (χ2v) is 7.94. The van der Waals surface area contributed by atoms with Crippen molar-refractivity contribution in [1.29, 1.82) is 0 Å². The summed E-state index contributed by atoms with van der Waals surface area (Å²) in [5.41, 5.74) is 2.06. The SMILES string of the molecule is CCC(CNS(C)(=O)=O)NC(=O)N1CC=C(c2ccc(F)cc2)CC1. The number of rotatable bonds is 6. The van der Waals surface area contributed by atoms with Crippen molar-refractivity contribution in [1.82, 2.24) is 14.9 Å². The number of hydrogen-bond donors (Lipinski definition) is 2. The van der Waals surface area contributed by atoms with Gasteiger partial charge in [-0.2, -0.15) is 0 Å². The Morgan fingerprint density at radius 2 is 2.00 bits per heavy atom. The summed E-state index contributed by atoms with van der Waals surface area (Å²) in [6, 6.07) is 5.86. The molecule has 1 unspecified atom stereocenters. The highest BCUT2D eigenvalue weighted by Crippen LogP contribution is 2.22. The molecule has 2 amide bonds. The molecular weight excluding hydrogens is 345 g/mol. The van der Waals surface area contributed by atoms with E-state index in [2.05, 4.69) is 10.0 Å². The number of urea groups is 1. The average Bonchev–Trinajstić information content (AvgIpc) is 2.58. The van der Waals surface area contributed by atoms with Crippen molar-refractivity contribution in [3.8, 4) is 0 Å². The third-order valence-electron chi connectivity index (χ3n) is 4.12. The van der Waals surface area contributed by atoms with Crippen LogP contribution < -0.4 is 10.0 Å². The van der Waals surface area contributed by atoms with E-state index in [0.717, 1.165) is 17.4 Å². The van der Waals surface area contributed by atoms with Crippen LogP contribution >= 0.6 is 0 Å². The van der Waals surface area contributed by atoms with Crippen LogP contribution in [-0.4, -0.2) is 51.3 Å². The average molecular weight is 369 g/mol. The molecule has 1 heterocycles. The van der Waals surface area contributed by atoms with Crippen LogP contribution in [0.25, 0.3) is 5.57 Å². The molecule has 0 bridgehead atoms. The van der Waals surface area contributed by atoms with E-state index in [9.17, 15) is 17.6 Å². The van der Waals surface area contributed by atoms with Crippen LogP contribution in [0.1, 0.15) is 25.3 Å². The number of carbonyl (C=O) groups excluding carboxylic acids is 1. The number of halogens is 1. The van der Waals surface area contributed by atoms with Crippen LogP contribution in [0.2, 0.25) is 0 Å². The zero-order valence-corrected chi connectivity index (χ0v) is 15.3. The Morgan fingerprint density at radius 3 is 2.52 bits per heavy atom. The fourth-order valence-corrected chi connectivity index (χ4v) is 3.10. The third kappa shape index (κ3) is 6.13. The molecule has 2 N–H and O–H groups in total. The van der Waals surface area contributed by atoms with E-state index in [1.165, 1.54) is 12.1 Å². The normalized spacial score (nSPS) is 16.3. The number of hydrogen-bond acceptors (Lipinski definition) is 3. The summed E-state index contributed by atoms with van der Waals surface area (Å²) in [6.45, 7) is 3.09. The maximum atomic E-state index is 13.0. The highest BCUT2D eigenvalue weighted by Gasteiger charge is 2.20. The Hall–Kier alpha value is -1.93. The lowest BCUT2D eigenvalue weighted by atomic mass is 10.00. The predicted molar refractivity (Wildman–Crippen MR) is 96.0 cm³/mol. The minimum Gasteiger partial charge on any atom is -0.334 e. The first kappa shape index (κ1) is 19.4. The van der Waals surface area contributed by atoms with Crippen molar-refractivity contribution >= 4 is 21.6 Å². The lowest BCUT2D eigenvalue weighted by Crippen LogP contribution is -2.49. The van der Waals surface area contributed by atoms with Crippen LogP contribution in [0.15, 0.2) is 30.3 Å². The van der Waals surface area contributed by atoms with Gasteiger partial charge in [0.15, 0.2) is 0 Å². The van der Waals surface area contributed by atoms with E-state index in [-0.39, 0.29) is 24.4 Å². The van der Waals surface area contributed by atoms with Gasteiger partial charge in [0.1, 0.15) is 5.82 Å². The molecule has 0 fully saturated rings. The van der Waals surface area contributed by atoms with Gasteiger partial charge >= 0.3 is 6.03 Å². The van der Waals surface area contributed by atoms with E-state index in [1.807, 2.05) is 13.0 Å². The summed E-state index contributed by atoms with van der Waals surface area (Å²) in [4.78, 5) is 14.0. The molecule has 2 rings (SSSR count). The number of amides is 2. The van der Waals surface area contributed by atoms with Crippen molar-refractivity contribution in [2.75, 3.05) is 25.9 Å². The Bertz CT molecular complexity index is 732. The summed E-state index contributed by atoms with van der Waals surface area (Å²) in [5, 5.41) is 2.85. The lowest BCUT2D eigenvalue weighted by molar-refractivity contribution is 0.198. The van der Waals surface area contributed by atoms with Gasteiger partial charge in [-0.15, -0.1) is 0 Å². The molecule has 6 nitrogen and oxygen atoms in total. The predicted octanol–water partition coefficient (Wildman–Crippen LogP) is 1.95. The number of benzene rings is 1. The molecule has 138 valence electrons. The number of sulfonamides is 1. The maximum absolute atomic E-state index is 13.0. The monoisotopic (exact) mass is 369 g/mol. The molecule has 1 aromatic carbocycles. The van der Waals surface area contributed by atoms with E-state index in [1.54, 1.807) is 17.0 Å². The highest BCUT2D eigenvalue weighted by atomic mass is 32.2. The largest absolute Gasteiger partial charge is 0.334 e. The maximum Gasteiger partial charge on any atom is 0.317 e. The number of nitrogens with zero attached hydrogens (tertiary/aromatic N) is 1. The molecule has 0 saturated heterocycles. The smallest absolute Gasteiger partial charge is 0.317 e. The Labute approximate surface area is 148 Å². The second-order valence-electron chi connectivity index (χ2n) is 6.11. The molecule has 25 heavy (non-hydrogen) atoms. The van der Waals surface area contributed by atoms with Gasteiger partial charge in [-0.3, -0.25) is 0 Å². The van der Waals surface area contributed by atoms with E-state index < -0.39 is 10.0 Å². The van der Waals surface area contributed by atoms with Crippen LogP contribution in [0.4, 0.5) is 9.18 Å². The standard InChI is InChI=1S/C17H24FN3O3S/c1-3-16(12-19-25(2,23)24)20-17(22)21-10-8-14(9-11-21)13-4-6-15(18)7-5-13/h4-8,16,19H,3,9-12H2,1-2H3,(H,20,22). The quantitative estimate of drug-likeness (QED) is 0.804. The second kappa shape index (κ2) is 8.44. The minimum absolute atomic E-state index is 0.172. The van der Waals surface area contributed by atoms with E-state index in [4.69, 9.17) is 0 Å². The van der Waals surface area contributed by atoms with Gasteiger partial charge in [-0.25, -0.2) is 22.3 Å². The summed E-state index contributed by atoms with van der Waals surface area (Å²) in [6.07, 6.45) is 4.37. The molecule has 0 aliphatic carbocycles. The van der Waals surface area contributed by atoms with E-state index >= 15 is 0 Å². The third-order valence-corrected chi connectivity index (χ3v) is 4.81. The Morgan fingerprint density at radius 1 is 1.32 bits per heavy atom. The molecule has 1 aromatic rings. The Kier molecular flexibility index (Phi) is 6.55. The zero-order chi connectivity index (χ0) is 18.4. The van der Waals surface area contributed by atoms with Crippen LogP contribution in [0, 0.1) is 5.82 Å². The summed E-state index contributed by atoms with van der Waals surface area (Å²) < 4.78 is 37.7. The van der Waals surface area contributed by atoms with Gasteiger partial charge in [0.2, 0.25) is 10.0 Å². The minimum atomic E-state index is -3.28. The first-order chi connectivity index (χ1) is 11.8. The molecule has 0 saturated carbocycles. The first-order valence-electron chi connectivity index (χ1n) is 8.23. The molecule has 0 aromatic heterocycles. The molecule has 1 atom stereocenters. The van der Waals surface area contributed by atoms with Crippen molar-refractivity contribution in [3.63, 3.8) is 0 Å². The van der Waals surface area contributed by atoms with Gasteiger partial charge in [0, 0.05) is 25.7 Å². The number of nitrogens with one attached hydrogen (secondary N) is 2. The van der Waals surface area contributed by atoms with Crippen LogP contribution in [0.5, 0.6) is 0 Å². The van der Waals surface area contributed by atoms with Gasteiger partial charge in [0.25, 0.3) is 0 Å². The molecule has 0 radical (unpaired) electrons. The van der Waals surface area contributed by atoms with Crippen molar-refractivity contribution in [2.24, 2.45) is 0 Å². The lowest BCUT2D eigenvalue weighted by Gasteiger charge is -2.29. The summed E-state index contributed by atoms with van der Waals surface area (Å²) in [7, 11) is -3.28. The van der Waals surface area contributed by atoms with Crippen molar-refractivity contribution in [2.45, 2.75) is 25.8 Å². The summed E-state index contributed by atoms with van der Waals surface area (Å²) in [5.74, 6) is -0.269. The topological polar surface area (TPSA) is 78.5 Å². The first-order valence-corrected chi connectivity index (χ1v) is 10.1. The van der Waals surface area contributed by atoms with Gasteiger partial charge in [0.05, 0.1) is 6.26 Å². The number of carbonyl (C=O) groups is 1. The van der Waals surface area contributed by atoms with Crippen molar-refractivity contribution < 1.29 is 17.6 Å². The zero-order valence-electron chi connectivity index (χ0n) is 14.5. The van der Waals surface area contributed by atoms with Crippen molar-refractivity contribution in [3.05, 3.63) is 41.7 Å². The summed E-state index contributed by atoms with van der Waals surface area (Å²) >= 11 is 0. The molecule has 1 aliphatic rings. The van der Waals surface area contributed by atoms with Crippen LogP contribution in [-0.2, 0) is 10.0 Å². The van der Waals surface area contributed by atoms with Gasteiger partial charge in [-0.05, 0) is 36.1 Å². The fraction of sp³-hybridized carbons (Fsp3) is 0.471. The Balaban J connectivity index is 1.90. The van der Waals surface area contributed by atoms with E-state index in [0.29, 0.717) is 25.9 Å². The molecule has 1 aliphatic heterocycles. The van der Waals surface area contributed by atoms with Gasteiger partial charge < -0.3 is 10.2 Å². The molecule has 8 heteroatoms. The molecule has 0 spiro atoms. The fourth-order valence-electron chi connectivity index (χ4n) is 2.60. The molecular formula is C17H24FN3O3S. The highest BCUT2D eigenvalue weighted by molar-refractivity contribution is 7.88.